The largest absolute Gasteiger partial charge is 0.461 e. The molecule has 4 heteroatoms. The second-order valence-corrected chi connectivity index (χ2v) is 4.50. The van der Waals surface area contributed by atoms with Gasteiger partial charge < -0.3 is 4.74 Å². The summed E-state index contributed by atoms with van der Waals surface area (Å²) in [5, 5.41) is 0. The van der Waals surface area contributed by atoms with Crippen molar-refractivity contribution in [2.24, 2.45) is 0 Å². The predicted octanol–water partition coefficient (Wildman–Crippen LogP) is 4.02. The summed E-state index contributed by atoms with van der Waals surface area (Å²) in [6, 6.07) is 7.25. The number of ether oxygens (including phenoxy) is 1. The molecule has 0 amide bonds. The van der Waals surface area contributed by atoms with Gasteiger partial charge in [0.05, 0.1) is 6.61 Å². The SMILES string of the molecule is CCOC(=O)C(F)(F)C=Cc1ccc(C(C)C)cc1. The van der Waals surface area contributed by atoms with Gasteiger partial charge in [0, 0.05) is 0 Å². The van der Waals surface area contributed by atoms with Crippen molar-refractivity contribution in [2.45, 2.75) is 32.6 Å². The molecule has 0 unspecified atom stereocenters. The predicted molar refractivity (Wildman–Crippen MR) is 71.1 cm³/mol. The van der Waals surface area contributed by atoms with Crippen molar-refractivity contribution in [1.82, 2.24) is 0 Å². The molecule has 0 aromatic heterocycles. The molecule has 104 valence electrons. The van der Waals surface area contributed by atoms with Gasteiger partial charge in [-0.25, -0.2) is 4.79 Å². The molecule has 0 spiro atoms. The van der Waals surface area contributed by atoms with Crippen LogP contribution in [0, 0.1) is 0 Å². The van der Waals surface area contributed by atoms with Gasteiger partial charge in [0.25, 0.3) is 0 Å². The van der Waals surface area contributed by atoms with E-state index >= 15 is 0 Å². The van der Waals surface area contributed by atoms with Crippen molar-refractivity contribution in [1.29, 1.82) is 0 Å². The third kappa shape index (κ3) is 4.47. The van der Waals surface area contributed by atoms with E-state index in [1.54, 1.807) is 12.1 Å². The lowest BCUT2D eigenvalue weighted by Crippen LogP contribution is -2.28. The fourth-order valence-corrected chi connectivity index (χ4v) is 1.49. The smallest absolute Gasteiger partial charge is 0.381 e. The number of benzene rings is 1. The van der Waals surface area contributed by atoms with Gasteiger partial charge in [-0.3, -0.25) is 0 Å². The van der Waals surface area contributed by atoms with Gasteiger partial charge in [-0.2, -0.15) is 8.78 Å². The van der Waals surface area contributed by atoms with Gasteiger partial charge in [0.2, 0.25) is 0 Å². The van der Waals surface area contributed by atoms with Crippen LogP contribution in [0.2, 0.25) is 0 Å². The molecule has 0 bridgehead atoms. The Kier molecular flexibility index (Phi) is 5.21. The second kappa shape index (κ2) is 6.45. The van der Waals surface area contributed by atoms with Crippen molar-refractivity contribution in [3.05, 3.63) is 41.5 Å². The van der Waals surface area contributed by atoms with Crippen molar-refractivity contribution in [3.63, 3.8) is 0 Å². The molecule has 0 radical (unpaired) electrons. The van der Waals surface area contributed by atoms with E-state index in [0.717, 1.165) is 5.56 Å². The van der Waals surface area contributed by atoms with Gasteiger partial charge in [-0.15, -0.1) is 0 Å². The van der Waals surface area contributed by atoms with E-state index in [-0.39, 0.29) is 6.61 Å². The van der Waals surface area contributed by atoms with Gasteiger partial charge in [-0.05, 0) is 30.0 Å². The Bertz CT molecular complexity index is 448. The molecule has 0 saturated heterocycles. The summed E-state index contributed by atoms with van der Waals surface area (Å²) < 4.78 is 31.0. The Morgan fingerprint density at radius 3 is 2.37 bits per heavy atom. The molecule has 0 fully saturated rings. The lowest BCUT2D eigenvalue weighted by molar-refractivity contribution is -0.164. The van der Waals surface area contributed by atoms with E-state index in [9.17, 15) is 13.6 Å². The number of esters is 1. The summed E-state index contributed by atoms with van der Waals surface area (Å²) in [7, 11) is 0. The van der Waals surface area contributed by atoms with Crippen LogP contribution < -0.4 is 0 Å². The molecule has 0 heterocycles. The summed E-state index contributed by atoms with van der Waals surface area (Å²) in [5.41, 5.74) is 1.75. The molecule has 1 rings (SSSR count). The maximum Gasteiger partial charge on any atom is 0.381 e. The third-order valence-corrected chi connectivity index (χ3v) is 2.64. The Balaban J connectivity index is 2.78. The normalized spacial score (nSPS) is 12.1. The molecule has 0 aliphatic carbocycles. The monoisotopic (exact) mass is 268 g/mol. The van der Waals surface area contributed by atoms with E-state index < -0.39 is 11.9 Å². The highest BCUT2D eigenvalue weighted by atomic mass is 19.3. The summed E-state index contributed by atoms with van der Waals surface area (Å²) in [6.07, 6.45) is 1.79. The number of hydrogen-bond acceptors (Lipinski definition) is 2. The van der Waals surface area contributed by atoms with Crippen LogP contribution in [-0.2, 0) is 9.53 Å². The molecular weight excluding hydrogens is 250 g/mol. The Morgan fingerprint density at radius 1 is 1.32 bits per heavy atom. The standard InChI is InChI=1S/C15H18F2O2/c1-4-19-14(18)15(16,17)10-9-12-5-7-13(8-6-12)11(2)3/h5-11H,4H2,1-3H3. The van der Waals surface area contributed by atoms with Crippen LogP contribution in [0.3, 0.4) is 0 Å². The quantitative estimate of drug-likeness (QED) is 0.754. The topological polar surface area (TPSA) is 26.3 Å². The molecule has 19 heavy (non-hydrogen) atoms. The molecule has 2 nitrogen and oxygen atoms in total. The first-order valence-corrected chi connectivity index (χ1v) is 6.21. The first-order chi connectivity index (χ1) is 8.86. The number of carbonyl (C=O) groups is 1. The van der Waals surface area contributed by atoms with E-state index in [2.05, 4.69) is 18.6 Å². The zero-order valence-corrected chi connectivity index (χ0v) is 11.3. The fraction of sp³-hybridized carbons (Fsp3) is 0.400. The second-order valence-electron chi connectivity index (χ2n) is 4.50. The van der Waals surface area contributed by atoms with Crippen LogP contribution in [-0.4, -0.2) is 18.5 Å². The summed E-state index contributed by atoms with van der Waals surface area (Å²) in [4.78, 5) is 11.0. The van der Waals surface area contributed by atoms with Crippen LogP contribution in [0.15, 0.2) is 30.3 Å². The molecule has 0 aliphatic heterocycles. The Morgan fingerprint density at radius 2 is 1.89 bits per heavy atom. The van der Waals surface area contributed by atoms with Gasteiger partial charge >= 0.3 is 11.9 Å². The summed E-state index contributed by atoms with van der Waals surface area (Å²) >= 11 is 0. The number of carbonyl (C=O) groups excluding carboxylic acids is 1. The van der Waals surface area contributed by atoms with Crippen molar-refractivity contribution in [3.8, 4) is 0 Å². The zero-order chi connectivity index (χ0) is 14.5. The van der Waals surface area contributed by atoms with Crippen LogP contribution in [0.25, 0.3) is 6.08 Å². The highest BCUT2D eigenvalue weighted by Gasteiger charge is 2.37. The molecule has 0 N–H and O–H groups in total. The molecule has 1 aromatic carbocycles. The molecular formula is C15H18F2O2. The maximum atomic E-state index is 13.3. The first-order valence-electron chi connectivity index (χ1n) is 6.21. The lowest BCUT2D eigenvalue weighted by Gasteiger charge is -2.10. The van der Waals surface area contributed by atoms with Crippen molar-refractivity contribution in [2.75, 3.05) is 6.61 Å². The number of halogens is 2. The van der Waals surface area contributed by atoms with E-state index in [1.165, 1.54) is 13.0 Å². The highest BCUT2D eigenvalue weighted by Crippen LogP contribution is 2.20. The number of hydrogen-bond donors (Lipinski definition) is 0. The minimum absolute atomic E-state index is 0.0641. The van der Waals surface area contributed by atoms with Crippen molar-refractivity contribution < 1.29 is 18.3 Å². The van der Waals surface area contributed by atoms with Crippen LogP contribution in [0.4, 0.5) is 8.78 Å². The van der Waals surface area contributed by atoms with Crippen molar-refractivity contribution >= 4 is 12.0 Å². The fourth-order valence-electron chi connectivity index (χ4n) is 1.49. The van der Waals surface area contributed by atoms with Gasteiger partial charge in [-0.1, -0.05) is 44.2 Å². The van der Waals surface area contributed by atoms with Gasteiger partial charge in [0.1, 0.15) is 0 Å². The number of rotatable bonds is 5. The van der Waals surface area contributed by atoms with Crippen LogP contribution >= 0.6 is 0 Å². The minimum atomic E-state index is -3.59. The Hall–Kier alpha value is -1.71. The molecule has 0 aliphatic rings. The Labute approximate surface area is 112 Å². The van der Waals surface area contributed by atoms with E-state index in [0.29, 0.717) is 17.6 Å². The van der Waals surface area contributed by atoms with E-state index in [4.69, 9.17) is 0 Å². The maximum absolute atomic E-state index is 13.3. The number of alkyl halides is 2. The average Bonchev–Trinajstić information content (AvgIpc) is 2.37. The third-order valence-electron chi connectivity index (χ3n) is 2.64. The highest BCUT2D eigenvalue weighted by molar-refractivity contribution is 5.81. The summed E-state index contributed by atoms with van der Waals surface area (Å²) in [5.74, 6) is -4.73. The zero-order valence-electron chi connectivity index (χ0n) is 11.3. The molecule has 0 saturated carbocycles. The van der Waals surface area contributed by atoms with E-state index in [1.807, 2.05) is 12.1 Å². The lowest BCUT2D eigenvalue weighted by atomic mass is 10.0. The van der Waals surface area contributed by atoms with Gasteiger partial charge in [0.15, 0.2) is 0 Å². The molecule has 0 atom stereocenters. The summed E-state index contributed by atoms with van der Waals surface area (Å²) in [6.45, 7) is 5.53. The molecule has 1 aromatic rings. The minimum Gasteiger partial charge on any atom is -0.461 e. The average molecular weight is 268 g/mol. The first kappa shape index (κ1) is 15.3. The van der Waals surface area contributed by atoms with Crippen LogP contribution in [0.5, 0.6) is 0 Å². The van der Waals surface area contributed by atoms with Crippen LogP contribution in [0.1, 0.15) is 37.8 Å².